The molecule has 0 radical (unpaired) electrons. The van der Waals surface area contributed by atoms with Crippen molar-refractivity contribution in [2.75, 3.05) is 13.2 Å². The maximum Gasteiger partial charge on any atom is 0.326 e. The molecular formula is C26H28N4O2S. The van der Waals surface area contributed by atoms with Gasteiger partial charge in [0, 0.05) is 6.54 Å². The number of hydrogen-bond acceptors (Lipinski definition) is 5. The summed E-state index contributed by atoms with van der Waals surface area (Å²) in [6.45, 7) is 1.18. The fraction of sp³-hybridized carbons (Fsp3) is 0.423. The zero-order valence-electron chi connectivity index (χ0n) is 18.6. The molecule has 2 aromatic carbocycles. The third-order valence-corrected chi connectivity index (χ3v) is 8.57. The lowest BCUT2D eigenvalue weighted by Crippen LogP contribution is -2.47. The molecule has 3 heterocycles. The van der Waals surface area contributed by atoms with Crippen molar-refractivity contribution >= 4 is 33.5 Å². The summed E-state index contributed by atoms with van der Waals surface area (Å²) in [7, 11) is 0. The van der Waals surface area contributed by atoms with Crippen molar-refractivity contribution < 1.29 is 9.59 Å². The van der Waals surface area contributed by atoms with E-state index in [0.717, 1.165) is 61.2 Å². The topological polar surface area (TPSA) is 65.5 Å². The van der Waals surface area contributed by atoms with Crippen molar-refractivity contribution in [2.45, 2.75) is 56.5 Å². The Morgan fingerprint density at radius 1 is 1.03 bits per heavy atom. The Kier molecular flexibility index (Phi) is 5.18. The first kappa shape index (κ1) is 20.8. The van der Waals surface area contributed by atoms with Gasteiger partial charge in [0.15, 0.2) is 0 Å². The molecule has 3 aromatic rings. The van der Waals surface area contributed by atoms with Crippen LogP contribution in [0.2, 0.25) is 0 Å². The second kappa shape index (κ2) is 8.22. The zero-order valence-corrected chi connectivity index (χ0v) is 19.4. The van der Waals surface area contributed by atoms with Gasteiger partial charge in [0.2, 0.25) is 0 Å². The molecule has 7 heteroatoms. The van der Waals surface area contributed by atoms with E-state index in [2.05, 4.69) is 22.3 Å². The molecule has 6 rings (SSSR count). The van der Waals surface area contributed by atoms with Gasteiger partial charge in [-0.1, -0.05) is 42.8 Å². The second-order valence-corrected chi connectivity index (χ2v) is 10.5. The number of carbonyl (C=O) groups excluding carboxylic acids is 2. The molecule has 2 fully saturated rings. The Hall–Kier alpha value is -2.77. The second-order valence-electron chi connectivity index (χ2n) is 9.42. The molecule has 1 N–H and O–H groups in total. The molecule has 3 amide bonds. The van der Waals surface area contributed by atoms with Gasteiger partial charge in [-0.25, -0.2) is 14.7 Å². The van der Waals surface area contributed by atoms with Gasteiger partial charge in [0.1, 0.15) is 10.5 Å². The van der Waals surface area contributed by atoms with Crippen LogP contribution in [-0.4, -0.2) is 39.9 Å². The van der Waals surface area contributed by atoms with Crippen molar-refractivity contribution in [1.82, 2.24) is 20.1 Å². The predicted octanol–water partition coefficient (Wildman–Crippen LogP) is 4.95. The Bertz CT molecular complexity index is 1190. The molecule has 0 saturated carbocycles. The largest absolute Gasteiger partial charge is 0.326 e. The first-order valence-corrected chi connectivity index (χ1v) is 12.8. The number of carbonyl (C=O) groups is 2. The summed E-state index contributed by atoms with van der Waals surface area (Å²) in [5.74, 6) is -0.101. The van der Waals surface area contributed by atoms with E-state index in [1.54, 1.807) is 11.3 Å². The van der Waals surface area contributed by atoms with Gasteiger partial charge >= 0.3 is 6.03 Å². The maximum atomic E-state index is 13.9. The van der Waals surface area contributed by atoms with Gasteiger partial charge in [-0.05, 0) is 61.8 Å². The van der Waals surface area contributed by atoms with Gasteiger partial charge in [0.05, 0.1) is 22.9 Å². The number of para-hydroxylation sites is 1. The Labute approximate surface area is 197 Å². The lowest BCUT2D eigenvalue weighted by atomic mass is 9.84. The Morgan fingerprint density at radius 3 is 2.79 bits per heavy atom. The summed E-state index contributed by atoms with van der Waals surface area (Å²) in [6, 6.07) is 16.2. The molecule has 2 unspecified atom stereocenters. The van der Waals surface area contributed by atoms with Crippen LogP contribution in [0.15, 0.2) is 48.5 Å². The molecular weight excluding hydrogens is 432 g/mol. The van der Waals surface area contributed by atoms with Crippen LogP contribution in [0.5, 0.6) is 0 Å². The summed E-state index contributed by atoms with van der Waals surface area (Å²) >= 11 is 1.73. The number of amides is 3. The highest BCUT2D eigenvalue weighted by molar-refractivity contribution is 7.18. The van der Waals surface area contributed by atoms with Gasteiger partial charge in [-0.2, -0.15) is 0 Å². The molecule has 33 heavy (non-hydrogen) atoms. The number of thiazole rings is 1. The molecule has 2 aliphatic heterocycles. The van der Waals surface area contributed by atoms with Crippen LogP contribution in [0.1, 0.15) is 60.7 Å². The molecule has 2 saturated heterocycles. The molecule has 0 bridgehead atoms. The first-order chi connectivity index (χ1) is 16.2. The summed E-state index contributed by atoms with van der Waals surface area (Å²) in [6.07, 6.45) is 6.77. The van der Waals surface area contributed by atoms with Crippen molar-refractivity contribution in [3.8, 4) is 0 Å². The number of rotatable bonds is 3. The lowest BCUT2D eigenvalue weighted by molar-refractivity contribution is -0.134. The van der Waals surface area contributed by atoms with E-state index in [9.17, 15) is 9.59 Å². The van der Waals surface area contributed by atoms with Crippen LogP contribution in [0, 0.1) is 0 Å². The minimum absolute atomic E-state index is 0.101. The van der Waals surface area contributed by atoms with E-state index < -0.39 is 5.54 Å². The summed E-state index contributed by atoms with van der Waals surface area (Å²) < 4.78 is 1.18. The molecule has 1 spiro atoms. The molecule has 3 aliphatic rings. The fourth-order valence-corrected chi connectivity index (χ4v) is 6.89. The number of imide groups is 1. The highest BCUT2D eigenvalue weighted by Gasteiger charge is 2.53. The smallest absolute Gasteiger partial charge is 0.319 e. The third kappa shape index (κ3) is 3.45. The average molecular weight is 461 g/mol. The quantitative estimate of drug-likeness (QED) is 0.562. The number of nitrogens with zero attached hydrogens (tertiary/aromatic N) is 3. The number of benzene rings is 2. The van der Waals surface area contributed by atoms with Crippen molar-refractivity contribution in [1.29, 1.82) is 0 Å². The van der Waals surface area contributed by atoms with Crippen LogP contribution < -0.4 is 5.32 Å². The van der Waals surface area contributed by atoms with Crippen LogP contribution in [0.25, 0.3) is 10.2 Å². The number of aromatic nitrogens is 1. The summed E-state index contributed by atoms with van der Waals surface area (Å²) in [4.78, 5) is 35.7. The summed E-state index contributed by atoms with van der Waals surface area (Å²) in [5, 5.41) is 4.21. The van der Waals surface area contributed by atoms with E-state index in [-0.39, 0.29) is 18.0 Å². The van der Waals surface area contributed by atoms with Gasteiger partial charge in [-0.3, -0.25) is 9.69 Å². The van der Waals surface area contributed by atoms with Crippen LogP contribution >= 0.6 is 11.3 Å². The standard InChI is InChI=1S/C26H28N4O2S/c31-24-26(15-7-5-10-18-9-1-2-11-19(18)26)28-25(32)30(24)17-29-16-8-6-13-21(29)23-27-20-12-3-4-14-22(20)33-23/h1-4,9,11-12,14,21H,5-8,10,13,15-17H2,(H,28,32). The van der Waals surface area contributed by atoms with E-state index in [1.807, 2.05) is 36.4 Å². The summed E-state index contributed by atoms with van der Waals surface area (Å²) in [5.41, 5.74) is 2.25. The minimum atomic E-state index is -0.925. The van der Waals surface area contributed by atoms with E-state index >= 15 is 0 Å². The number of hydrogen-bond donors (Lipinski definition) is 1. The molecule has 6 nitrogen and oxygen atoms in total. The highest BCUT2D eigenvalue weighted by Crippen LogP contribution is 2.40. The Balaban J connectivity index is 1.30. The number of nitrogens with one attached hydrogen (secondary N) is 1. The van der Waals surface area contributed by atoms with Crippen molar-refractivity contribution in [3.63, 3.8) is 0 Å². The number of piperidine rings is 1. The number of fused-ring (bicyclic) bond motifs is 3. The monoisotopic (exact) mass is 460 g/mol. The third-order valence-electron chi connectivity index (χ3n) is 7.43. The molecule has 2 atom stereocenters. The molecule has 170 valence electrons. The zero-order chi connectivity index (χ0) is 22.4. The highest BCUT2D eigenvalue weighted by atomic mass is 32.1. The minimum Gasteiger partial charge on any atom is -0.319 e. The van der Waals surface area contributed by atoms with Crippen LogP contribution in [0.4, 0.5) is 4.79 Å². The number of urea groups is 1. The maximum absolute atomic E-state index is 13.9. The number of aryl methyl sites for hydroxylation is 1. The van der Waals surface area contributed by atoms with Crippen molar-refractivity contribution in [2.24, 2.45) is 0 Å². The average Bonchev–Trinajstić information content (AvgIpc) is 3.30. The van der Waals surface area contributed by atoms with Crippen LogP contribution in [0.3, 0.4) is 0 Å². The number of likely N-dealkylation sites (tertiary alicyclic amines) is 1. The van der Waals surface area contributed by atoms with E-state index in [1.165, 1.54) is 15.2 Å². The van der Waals surface area contributed by atoms with Gasteiger partial charge in [-0.15, -0.1) is 11.3 Å². The normalized spacial score (nSPS) is 25.9. The predicted molar refractivity (Wildman–Crippen MR) is 129 cm³/mol. The van der Waals surface area contributed by atoms with Crippen LogP contribution in [-0.2, 0) is 16.8 Å². The van der Waals surface area contributed by atoms with Gasteiger partial charge < -0.3 is 5.32 Å². The first-order valence-electron chi connectivity index (χ1n) is 12.0. The molecule has 1 aromatic heterocycles. The SMILES string of the molecule is O=C1NC2(CCCCc3ccccc32)C(=O)N1CN1CCCCC1c1nc2ccccc2s1. The Morgan fingerprint density at radius 2 is 1.88 bits per heavy atom. The molecule has 1 aliphatic carbocycles. The fourth-order valence-electron chi connectivity index (χ4n) is 5.76. The van der Waals surface area contributed by atoms with E-state index in [0.29, 0.717) is 13.1 Å². The van der Waals surface area contributed by atoms with Gasteiger partial charge in [0.25, 0.3) is 5.91 Å². The van der Waals surface area contributed by atoms with E-state index in [4.69, 9.17) is 4.98 Å². The lowest BCUT2D eigenvalue weighted by Gasteiger charge is -2.36. The van der Waals surface area contributed by atoms with Crippen molar-refractivity contribution in [3.05, 3.63) is 64.7 Å².